The SMILES string of the molecule is O=S(=O)(Nc1nnns1)c1ccc2c(c1)CNC2. The van der Waals surface area contributed by atoms with Crippen molar-refractivity contribution >= 4 is 26.7 Å². The maximum atomic E-state index is 12.1. The van der Waals surface area contributed by atoms with Gasteiger partial charge >= 0.3 is 0 Å². The Morgan fingerprint density at radius 3 is 2.89 bits per heavy atom. The average molecular weight is 283 g/mol. The Labute approximate surface area is 107 Å². The fourth-order valence-electron chi connectivity index (χ4n) is 1.79. The van der Waals surface area contributed by atoms with Crippen LogP contribution < -0.4 is 10.0 Å². The van der Waals surface area contributed by atoms with E-state index in [1.165, 1.54) is 0 Å². The molecular formula is C9H9N5O2S2. The minimum absolute atomic E-state index is 0.161. The van der Waals surface area contributed by atoms with E-state index >= 15 is 0 Å². The van der Waals surface area contributed by atoms with Gasteiger partial charge in [0.15, 0.2) is 0 Å². The summed E-state index contributed by atoms with van der Waals surface area (Å²) in [6.07, 6.45) is 0. The second-order valence-electron chi connectivity index (χ2n) is 3.81. The minimum Gasteiger partial charge on any atom is -0.309 e. The summed E-state index contributed by atoms with van der Waals surface area (Å²) in [6, 6.07) is 5.08. The highest BCUT2D eigenvalue weighted by Gasteiger charge is 2.19. The van der Waals surface area contributed by atoms with Crippen LogP contribution in [0, 0.1) is 0 Å². The molecule has 0 aliphatic carbocycles. The van der Waals surface area contributed by atoms with Crippen molar-refractivity contribution in [1.82, 2.24) is 20.1 Å². The van der Waals surface area contributed by atoms with Crippen LogP contribution in [0.3, 0.4) is 0 Å². The van der Waals surface area contributed by atoms with Crippen LogP contribution in [0.5, 0.6) is 0 Å². The molecule has 9 heteroatoms. The van der Waals surface area contributed by atoms with Gasteiger partial charge in [-0.3, -0.25) is 4.72 Å². The first-order valence-electron chi connectivity index (χ1n) is 5.15. The Bertz CT molecular complexity index is 668. The molecule has 1 aliphatic heterocycles. The number of benzene rings is 1. The predicted molar refractivity (Wildman–Crippen MR) is 65.5 cm³/mol. The zero-order chi connectivity index (χ0) is 12.6. The first-order chi connectivity index (χ1) is 8.65. The van der Waals surface area contributed by atoms with Crippen molar-refractivity contribution in [2.75, 3.05) is 4.72 Å². The van der Waals surface area contributed by atoms with Gasteiger partial charge in [0.25, 0.3) is 10.0 Å². The van der Waals surface area contributed by atoms with Crippen molar-refractivity contribution < 1.29 is 8.42 Å². The summed E-state index contributed by atoms with van der Waals surface area (Å²) in [4.78, 5) is 0.222. The monoisotopic (exact) mass is 283 g/mol. The smallest absolute Gasteiger partial charge is 0.263 e. The number of nitrogens with zero attached hydrogens (tertiary/aromatic N) is 3. The number of fused-ring (bicyclic) bond motifs is 1. The van der Waals surface area contributed by atoms with E-state index in [4.69, 9.17) is 0 Å². The Morgan fingerprint density at radius 1 is 1.28 bits per heavy atom. The van der Waals surface area contributed by atoms with E-state index in [1.54, 1.807) is 12.1 Å². The molecule has 0 unspecified atom stereocenters. The van der Waals surface area contributed by atoms with E-state index < -0.39 is 10.0 Å². The zero-order valence-electron chi connectivity index (χ0n) is 9.12. The fraction of sp³-hybridized carbons (Fsp3) is 0.222. The lowest BCUT2D eigenvalue weighted by Crippen LogP contribution is -2.13. The molecular weight excluding hydrogens is 274 g/mol. The average Bonchev–Trinajstić information content (AvgIpc) is 2.97. The van der Waals surface area contributed by atoms with Crippen LogP contribution in [0.4, 0.5) is 5.13 Å². The molecule has 0 fully saturated rings. The van der Waals surface area contributed by atoms with Gasteiger partial charge in [-0.15, -0.1) is 0 Å². The van der Waals surface area contributed by atoms with E-state index in [-0.39, 0.29) is 10.0 Å². The Balaban J connectivity index is 1.94. The summed E-state index contributed by atoms with van der Waals surface area (Å²) in [5.74, 6) is 0. The van der Waals surface area contributed by atoms with Crippen LogP contribution in [0.15, 0.2) is 23.1 Å². The maximum Gasteiger partial charge on any atom is 0.263 e. The van der Waals surface area contributed by atoms with Crippen LogP contribution in [-0.4, -0.2) is 23.2 Å². The molecule has 2 aromatic rings. The van der Waals surface area contributed by atoms with Gasteiger partial charge in [0.2, 0.25) is 5.13 Å². The van der Waals surface area contributed by atoms with Crippen molar-refractivity contribution in [1.29, 1.82) is 0 Å². The van der Waals surface area contributed by atoms with Crippen LogP contribution in [0.25, 0.3) is 0 Å². The number of hydrogen-bond donors (Lipinski definition) is 2. The van der Waals surface area contributed by atoms with Gasteiger partial charge in [0.1, 0.15) is 0 Å². The quantitative estimate of drug-likeness (QED) is 0.843. The summed E-state index contributed by atoms with van der Waals surface area (Å²) >= 11 is 0.895. The lowest BCUT2D eigenvalue weighted by molar-refractivity contribution is 0.601. The molecule has 0 bridgehead atoms. The van der Waals surface area contributed by atoms with Crippen LogP contribution >= 0.6 is 11.5 Å². The molecule has 0 saturated carbocycles. The topological polar surface area (TPSA) is 96.9 Å². The lowest BCUT2D eigenvalue weighted by atomic mass is 10.1. The molecule has 7 nitrogen and oxygen atoms in total. The van der Waals surface area contributed by atoms with Gasteiger partial charge in [-0.25, -0.2) is 8.42 Å². The first kappa shape index (κ1) is 11.5. The van der Waals surface area contributed by atoms with Gasteiger partial charge in [0.05, 0.1) is 4.90 Å². The normalized spacial score (nSPS) is 14.4. The molecule has 94 valence electrons. The lowest BCUT2D eigenvalue weighted by Gasteiger charge is -2.06. The van der Waals surface area contributed by atoms with E-state index in [1.807, 2.05) is 6.07 Å². The molecule has 2 heterocycles. The largest absolute Gasteiger partial charge is 0.309 e. The molecule has 1 aromatic carbocycles. The summed E-state index contributed by atoms with van der Waals surface area (Å²) in [7, 11) is -3.61. The molecule has 0 atom stereocenters. The van der Waals surface area contributed by atoms with Crippen molar-refractivity contribution in [3.63, 3.8) is 0 Å². The second kappa shape index (κ2) is 4.26. The maximum absolute atomic E-state index is 12.1. The van der Waals surface area contributed by atoms with Gasteiger partial charge < -0.3 is 5.32 Å². The highest BCUT2D eigenvalue weighted by Crippen LogP contribution is 2.21. The highest BCUT2D eigenvalue weighted by atomic mass is 32.2. The Morgan fingerprint density at radius 2 is 2.11 bits per heavy atom. The van der Waals surface area contributed by atoms with Gasteiger partial charge in [-0.2, -0.15) is 0 Å². The molecule has 1 aromatic heterocycles. The second-order valence-corrected chi connectivity index (χ2v) is 6.22. The highest BCUT2D eigenvalue weighted by molar-refractivity contribution is 7.93. The third-order valence-corrected chi connectivity index (χ3v) is 4.62. The van der Waals surface area contributed by atoms with Gasteiger partial charge in [0, 0.05) is 24.6 Å². The first-order valence-corrected chi connectivity index (χ1v) is 7.41. The molecule has 18 heavy (non-hydrogen) atoms. The van der Waals surface area contributed by atoms with Crippen molar-refractivity contribution in [3.8, 4) is 0 Å². The summed E-state index contributed by atoms with van der Waals surface area (Å²) in [6.45, 7) is 1.47. The van der Waals surface area contributed by atoms with Gasteiger partial charge in [-0.05, 0) is 28.5 Å². The number of hydrogen-bond acceptors (Lipinski definition) is 7. The summed E-state index contributed by atoms with van der Waals surface area (Å²) < 4.78 is 30.0. The fourth-order valence-corrected chi connectivity index (χ4v) is 3.42. The third kappa shape index (κ3) is 2.07. The number of aromatic nitrogens is 3. The number of rotatable bonds is 3. The molecule has 3 rings (SSSR count). The molecule has 2 N–H and O–H groups in total. The van der Waals surface area contributed by atoms with E-state index in [2.05, 4.69) is 24.8 Å². The standard InChI is InChI=1S/C9H9N5O2S2/c15-18(16,12-9-11-13-14-17-9)8-2-1-6-4-10-5-7(6)3-8/h1-3,10H,4-5H2,(H,11,12,14). The number of sulfonamides is 1. The number of anilines is 1. The van der Waals surface area contributed by atoms with Crippen LogP contribution in [-0.2, 0) is 23.1 Å². The third-order valence-electron chi connectivity index (χ3n) is 2.64. The van der Waals surface area contributed by atoms with Crippen LogP contribution in [0.2, 0.25) is 0 Å². The van der Waals surface area contributed by atoms with E-state index in [9.17, 15) is 8.42 Å². The molecule has 0 saturated heterocycles. The molecule has 0 spiro atoms. The summed E-state index contributed by atoms with van der Waals surface area (Å²) in [5, 5.41) is 10.2. The molecule has 1 aliphatic rings. The molecule has 0 amide bonds. The Hall–Kier alpha value is -1.58. The molecule has 0 radical (unpaired) electrons. The van der Waals surface area contributed by atoms with Crippen LogP contribution in [0.1, 0.15) is 11.1 Å². The summed E-state index contributed by atoms with van der Waals surface area (Å²) in [5.41, 5.74) is 2.14. The van der Waals surface area contributed by atoms with E-state index in [0.717, 1.165) is 29.2 Å². The Kier molecular flexibility index (Phi) is 2.73. The predicted octanol–water partition coefficient (Wildman–Crippen LogP) is 0.337. The van der Waals surface area contributed by atoms with Crippen molar-refractivity contribution in [3.05, 3.63) is 29.3 Å². The van der Waals surface area contributed by atoms with Crippen molar-refractivity contribution in [2.24, 2.45) is 0 Å². The minimum atomic E-state index is -3.61. The van der Waals surface area contributed by atoms with Gasteiger partial charge in [-0.1, -0.05) is 15.7 Å². The van der Waals surface area contributed by atoms with Crippen molar-refractivity contribution in [2.45, 2.75) is 18.0 Å². The zero-order valence-corrected chi connectivity index (χ0v) is 10.8. The number of nitrogens with one attached hydrogen (secondary N) is 2. The van der Waals surface area contributed by atoms with E-state index in [0.29, 0.717) is 6.54 Å².